The van der Waals surface area contributed by atoms with Crippen LogP contribution >= 0.6 is 7.60 Å². The van der Waals surface area contributed by atoms with Crippen LogP contribution in [-0.4, -0.2) is 44.9 Å². The summed E-state index contributed by atoms with van der Waals surface area (Å²) >= 11 is 0. The van der Waals surface area contributed by atoms with E-state index in [9.17, 15) is 22.9 Å². The second-order valence-corrected chi connectivity index (χ2v) is 8.88. The number of nitrogens with one attached hydrogen (secondary N) is 1. The molecule has 0 fully saturated rings. The van der Waals surface area contributed by atoms with Crippen molar-refractivity contribution in [2.45, 2.75) is 31.3 Å². The molecule has 8 nitrogen and oxygen atoms in total. The summed E-state index contributed by atoms with van der Waals surface area (Å²) in [5.74, 6) is -1.47. The number of hydrogen-bond acceptors (Lipinski definition) is 6. The van der Waals surface area contributed by atoms with Crippen LogP contribution < -0.4 is 4.72 Å². The first-order chi connectivity index (χ1) is 11.2. The van der Waals surface area contributed by atoms with Crippen LogP contribution in [0.25, 0.3) is 0 Å². The lowest BCUT2D eigenvalue weighted by Gasteiger charge is -2.23. The highest BCUT2D eigenvalue weighted by Gasteiger charge is 2.41. The summed E-state index contributed by atoms with van der Waals surface area (Å²) in [6, 6.07) is 6.04. The number of hydrogen-bond donors (Lipinski definition) is 2. The molecule has 2 N–H and O–H groups in total. The van der Waals surface area contributed by atoms with E-state index >= 15 is 0 Å². The smallest absolute Gasteiger partial charge is 0.346 e. The molecule has 0 heterocycles. The molecule has 24 heavy (non-hydrogen) atoms. The van der Waals surface area contributed by atoms with Crippen LogP contribution in [0.2, 0.25) is 0 Å². The molecule has 1 aromatic rings. The Balaban J connectivity index is 2.99. The van der Waals surface area contributed by atoms with Crippen molar-refractivity contribution in [3.05, 3.63) is 29.8 Å². The fourth-order valence-electron chi connectivity index (χ4n) is 1.90. The van der Waals surface area contributed by atoms with Crippen LogP contribution in [0.15, 0.2) is 29.2 Å². The summed E-state index contributed by atoms with van der Waals surface area (Å²) < 4.78 is 49.2. The first-order valence-corrected chi connectivity index (χ1v) is 10.4. The number of aryl methyl sites for hydroxylation is 1. The zero-order valence-electron chi connectivity index (χ0n) is 13.8. The van der Waals surface area contributed by atoms with Gasteiger partial charge in [0.05, 0.1) is 18.1 Å². The molecule has 1 unspecified atom stereocenters. The molecule has 0 aliphatic heterocycles. The van der Waals surface area contributed by atoms with E-state index in [4.69, 9.17) is 9.05 Å². The topological polar surface area (TPSA) is 119 Å². The minimum atomic E-state index is -4.00. The molecule has 0 saturated carbocycles. The summed E-state index contributed by atoms with van der Waals surface area (Å²) in [6.07, 6.45) is 0. The predicted molar refractivity (Wildman–Crippen MR) is 88.6 cm³/mol. The van der Waals surface area contributed by atoms with Crippen molar-refractivity contribution >= 4 is 23.6 Å². The number of sulfonamides is 1. The molecule has 10 heteroatoms. The Labute approximate surface area is 141 Å². The van der Waals surface area contributed by atoms with E-state index in [-0.39, 0.29) is 18.1 Å². The second kappa shape index (κ2) is 8.73. The molecule has 0 amide bonds. The maximum atomic E-state index is 12.6. The van der Waals surface area contributed by atoms with Gasteiger partial charge in [-0.05, 0) is 32.9 Å². The van der Waals surface area contributed by atoms with Gasteiger partial charge >= 0.3 is 13.6 Å². The van der Waals surface area contributed by atoms with Gasteiger partial charge in [-0.1, -0.05) is 17.7 Å². The number of carboxylic acid groups (broad SMARTS) is 1. The first kappa shape index (κ1) is 20.8. The van der Waals surface area contributed by atoms with Gasteiger partial charge in [0.2, 0.25) is 10.0 Å². The molecule has 1 atom stereocenters. The van der Waals surface area contributed by atoms with Crippen LogP contribution in [0, 0.1) is 6.92 Å². The third-order valence-electron chi connectivity index (χ3n) is 3.08. The summed E-state index contributed by atoms with van der Waals surface area (Å²) in [7, 11) is -7.94. The number of benzene rings is 1. The molecular formula is C14H22NO7PS. The van der Waals surface area contributed by atoms with Gasteiger partial charge in [-0.2, -0.15) is 0 Å². The summed E-state index contributed by atoms with van der Waals surface area (Å²) in [6.45, 7) is 4.24. The Bertz CT molecular complexity index is 692. The molecule has 0 saturated heterocycles. The average Bonchev–Trinajstić information content (AvgIpc) is 2.47. The highest BCUT2D eigenvalue weighted by Crippen LogP contribution is 2.52. The Morgan fingerprint density at radius 1 is 1.21 bits per heavy atom. The van der Waals surface area contributed by atoms with Gasteiger partial charge in [-0.15, -0.1) is 0 Å². The van der Waals surface area contributed by atoms with Crippen LogP contribution in [0.5, 0.6) is 0 Å². The average molecular weight is 379 g/mol. The lowest BCUT2D eigenvalue weighted by atomic mass is 10.2. The predicted octanol–water partition coefficient (Wildman–Crippen LogP) is 1.99. The molecule has 0 aliphatic rings. The van der Waals surface area contributed by atoms with Crippen LogP contribution in [0.4, 0.5) is 0 Å². The molecule has 0 aliphatic carbocycles. The van der Waals surface area contributed by atoms with E-state index in [0.717, 1.165) is 5.56 Å². The van der Waals surface area contributed by atoms with E-state index in [1.165, 1.54) is 12.1 Å². The van der Waals surface area contributed by atoms with Gasteiger partial charge in [0.1, 0.15) is 0 Å². The fourth-order valence-corrected chi connectivity index (χ4v) is 4.81. The van der Waals surface area contributed by atoms with Crippen molar-refractivity contribution in [2.75, 3.05) is 19.8 Å². The van der Waals surface area contributed by atoms with Crippen molar-refractivity contribution in [3.63, 3.8) is 0 Å². The third-order valence-corrected chi connectivity index (χ3v) is 6.93. The van der Waals surface area contributed by atoms with Gasteiger partial charge in [-0.25, -0.2) is 13.1 Å². The van der Waals surface area contributed by atoms with Crippen molar-refractivity contribution in [3.8, 4) is 0 Å². The standard InChI is InChI=1S/C14H22NO7PS/c1-4-21-23(18,22-5-2)13(14(16)17)10-15-24(19,20)12-8-6-11(3)7-9-12/h6-9,13,15H,4-5,10H2,1-3H3,(H,16,17). The number of carboxylic acids is 1. The number of rotatable bonds is 10. The van der Waals surface area contributed by atoms with Crippen molar-refractivity contribution < 1.29 is 31.9 Å². The monoisotopic (exact) mass is 379 g/mol. The van der Waals surface area contributed by atoms with E-state index in [0.29, 0.717) is 0 Å². The molecule has 0 aromatic heterocycles. The van der Waals surface area contributed by atoms with Crippen molar-refractivity contribution in [1.82, 2.24) is 4.72 Å². The molecular weight excluding hydrogens is 357 g/mol. The molecule has 136 valence electrons. The molecule has 0 radical (unpaired) electrons. The van der Waals surface area contributed by atoms with Gasteiger partial charge in [0.25, 0.3) is 0 Å². The van der Waals surface area contributed by atoms with Gasteiger partial charge in [-0.3, -0.25) is 9.36 Å². The van der Waals surface area contributed by atoms with E-state index in [1.54, 1.807) is 26.0 Å². The maximum Gasteiger partial charge on any atom is 0.346 e. The normalized spacial score (nSPS) is 13.6. The molecule has 0 bridgehead atoms. The molecule has 0 spiro atoms. The van der Waals surface area contributed by atoms with Crippen molar-refractivity contribution in [2.24, 2.45) is 0 Å². The lowest BCUT2D eigenvalue weighted by molar-refractivity contribution is -0.136. The van der Waals surface area contributed by atoms with Crippen molar-refractivity contribution in [1.29, 1.82) is 0 Å². The van der Waals surface area contributed by atoms with Crippen LogP contribution in [-0.2, 0) is 28.4 Å². The minimum absolute atomic E-state index is 0.0140. The summed E-state index contributed by atoms with van der Waals surface area (Å²) in [5.41, 5.74) is -0.757. The minimum Gasteiger partial charge on any atom is -0.481 e. The van der Waals surface area contributed by atoms with E-state index in [1.807, 2.05) is 6.92 Å². The quantitative estimate of drug-likeness (QED) is 0.597. The largest absolute Gasteiger partial charge is 0.481 e. The lowest BCUT2D eigenvalue weighted by Crippen LogP contribution is -2.37. The SMILES string of the molecule is CCOP(=O)(OCC)C(CNS(=O)(=O)c1ccc(C)cc1)C(=O)O. The highest BCUT2D eigenvalue weighted by molar-refractivity contribution is 7.89. The van der Waals surface area contributed by atoms with Crippen LogP contribution in [0.1, 0.15) is 19.4 Å². The number of carbonyl (C=O) groups is 1. The van der Waals surface area contributed by atoms with Gasteiger partial charge in [0.15, 0.2) is 5.66 Å². The fraction of sp³-hybridized carbons (Fsp3) is 0.500. The Morgan fingerprint density at radius 3 is 2.12 bits per heavy atom. The van der Waals surface area contributed by atoms with Gasteiger partial charge in [0, 0.05) is 6.54 Å². The highest BCUT2D eigenvalue weighted by atomic mass is 32.2. The Hall–Kier alpha value is -1.25. The third kappa shape index (κ3) is 5.39. The second-order valence-electron chi connectivity index (χ2n) is 4.89. The summed E-state index contributed by atoms with van der Waals surface area (Å²) in [5, 5.41) is 9.30. The molecule has 1 rings (SSSR count). The zero-order chi connectivity index (χ0) is 18.4. The van der Waals surface area contributed by atoms with Gasteiger partial charge < -0.3 is 14.2 Å². The first-order valence-electron chi connectivity index (χ1n) is 7.34. The van der Waals surface area contributed by atoms with Crippen LogP contribution in [0.3, 0.4) is 0 Å². The Morgan fingerprint density at radius 2 is 1.71 bits per heavy atom. The maximum absolute atomic E-state index is 12.6. The Kier molecular flexibility index (Phi) is 7.56. The van der Waals surface area contributed by atoms with E-state index < -0.39 is 35.8 Å². The van der Waals surface area contributed by atoms with E-state index in [2.05, 4.69) is 4.72 Å². The summed E-state index contributed by atoms with van der Waals surface area (Å²) in [4.78, 5) is 11.4. The zero-order valence-corrected chi connectivity index (χ0v) is 15.5. The number of aliphatic carboxylic acids is 1. The molecule has 1 aromatic carbocycles.